The lowest BCUT2D eigenvalue weighted by Gasteiger charge is -2.35. The van der Waals surface area contributed by atoms with E-state index in [9.17, 15) is 19.2 Å². The second kappa shape index (κ2) is 16.9. The Kier molecular flexibility index (Phi) is 13.3. The molecule has 0 aliphatic heterocycles. The lowest BCUT2D eigenvalue weighted by molar-refractivity contribution is -0.139. The summed E-state index contributed by atoms with van der Waals surface area (Å²) in [6.07, 6.45) is 4.09. The van der Waals surface area contributed by atoms with E-state index in [0.717, 1.165) is 24.0 Å². The van der Waals surface area contributed by atoms with E-state index in [-0.39, 0.29) is 41.8 Å². The van der Waals surface area contributed by atoms with Gasteiger partial charge in [0.15, 0.2) is 11.7 Å². The summed E-state index contributed by atoms with van der Waals surface area (Å²) < 4.78 is 0. The Balaban J connectivity index is 1.88. The predicted octanol–water partition coefficient (Wildman–Crippen LogP) is 4.28. The average molecular weight is 633 g/mol. The molecule has 1 aliphatic carbocycles. The molecule has 1 fully saturated rings. The molecule has 3 amide bonds. The Morgan fingerprint density at radius 2 is 1.41 bits per heavy atom. The molecular weight excluding hydrogens is 580 g/mol. The van der Waals surface area contributed by atoms with Crippen molar-refractivity contribution in [2.24, 2.45) is 28.3 Å². The van der Waals surface area contributed by atoms with Crippen molar-refractivity contribution >= 4 is 29.5 Å². The Morgan fingerprint density at radius 3 is 1.89 bits per heavy atom. The van der Waals surface area contributed by atoms with Gasteiger partial charge in [-0.1, -0.05) is 101 Å². The van der Waals surface area contributed by atoms with Crippen LogP contribution < -0.4 is 27.4 Å². The summed E-state index contributed by atoms with van der Waals surface area (Å²) in [6.45, 7) is 7.59. The molecule has 2 aromatic rings. The minimum atomic E-state index is -1.11. The number of aliphatic imine (C=N–C) groups is 1. The summed E-state index contributed by atoms with van der Waals surface area (Å²) in [5.74, 6) is -2.09. The topological polar surface area (TPSA) is 169 Å². The zero-order chi connectivity index (χ0) is 33.7. The van der Waals surface area contributed by atoms with Crippen LogP contribution in [-0.4, -0.2) is 47.1 Å². The molecule has 1 atom stereocenters. The van der Waals surface area contributed by atoms with Gasteiger partial charge in [0.2, 0.25) is 17.7 Å². The highest BCUT2D eigenvalue weighted by molar-refractivity contribution is 5.97. The molecule has 0 saturated heterocycles. The van der Waals surface area contributed by atoms with E-state index in [1.165, 1.54) is 0 Å². The monoisotopic (exact) mass is 632 g/mol. The summed E-state index contributed by atoms with van der Waals surface area (Å²) >= 11 is 0. The van der Waals surface area contributed by atoms with Crippen molar-refractivity contribution in [3.8, 4) is 0 Å². The normalized spacial score (nSPS) is 14.8. The van der Waals surface area contributed by atoms with Gasteiger partial charge in [0.05, 0.1) is 11.6 Å². The first kappa shape index (κ1) is 36.3. The Bertz CT molecular complexity index is 1290. The number of hydrogen-bond acceptors (Lipinski definition) is 5. The molecule has 7 N–H and O–H groups in total. The zero-order valence-corrected chi connectivity index (χ0v) is 27.8. The van der Waals surface area contributed by atoms with E-state index in [0.29, 0.717) is 45.1 Å². The molecule has 3 rings (SSSR count). The number of carbonyl (C=O) groups is 4. The molecule has 1 aliphatic rings. The van der Waals surface area contributed by atoms with Crippen molar-refractivity contribution in [1.29, 1.82) is 0 Å². The van der Waals surface area contributed by atoms with Gasteiger partial charge in [0.1, 0.15) is 5.54 Å². The van der Waals surface area contributed by atoms with Crippen LogP contribution >= 0.6 is 0 Å². The molecule has 10 heteroatoms. The van der Waals surface area contributed by atoms with E-state index in [4.69, 9.17) is 11.5 Å². The highest BCUT2D eigenvalue weighted by Crippen LogP contribution is 2.33. The molecule has 0 radical (unpaired) electrons. The highest BCUT2D eigenvalue weighted by atomic mass is 16.2. The lowest BCUT2D eigenvalue weighted by atomic mass is 9.81. The van der Waals surface area contributed by atoms with Crippen molar-refractivity contribution in [3.05, 3.63) is 71.8 Å². The maximum Gasteiger partial charge on any atom is 0.246 e. The molecule has 0 bridgehead atoms. The van der Waals surface area contributed by atoms with Gasteiger partial charge in [0.25, 0.3) is 0 Å². The number of rotatable bonds is 17. The summed E-state index contributed by atoms with van der Waals surface area (Å²) in [4.78, 5) is 59.0. The first-order chi connectivity index (χ1) is 22.0. The summed E-state index contributed by atoms with van der Waals surface area (Å²) in [5.41, 5.74) is 10.7. The number of Topliss-reactive ketones (excluding diaryl/α,β-unsaturated/α-hetero) is 1. The summed E-state index contributed by atoms with van der Waals surface area (Å²) in [7, 11) is 0. The van der Waals surface area contributed by atoms with Gasteiger partial charge >= 0.3 is 0 Å². The van der Waals surface area contributed by atoms with Crippen LogP contribution in [0.5, 0.6) is 0 Å². The molecule has 46 heavy (non-hydrogen) atoms. The van der Waals surface area contributed by atoms with Crippen molar-refractivity contribution in [2.45, 2.75) is 103 Å². The van der Waals surface area contributed by atoms with Crippen molar-refractivity contribution in [2.75, 3.05) is 6.54 Å². The van der Waals surface area contributed by atoms with Crippen LogP contribution in [0, 0.1) is 11.8 Å². The number of nitrogens with zero attached hydrogens (tertiary/aromatic N) is 1. The number of carbonyl (C=O) groups excluding carboxylic acids is 4. The lowest BCUT2D eigenvalue weighted by Crippen LogP contribution is -2.59. The number of hydrogen-bond donors (Lipinski definition) is 5. The van der Waals surface area contributed by atoms with Gasteiger partial charge in [-0.25, -0.2) is 0 Å². The Labute approximate surface area is 273 Å². The first-order valence-corrected chi connectivity index (χ1v) is 16.6. The average Bonchev–Trinajstić information content (AvgIpc) is 3.53. The van der Waals surface area contributed by atoms with Crippen molar-refractivity contribution in [3.63, 3.8) is 0 Å². The Hall–Kier alpha value is -4.21. The van der Waals surface area contributed by atoms with Crippen LogP contribution in [0.3, 0.4) is 0 Å². The van der Waals surface area contributed by atoms with Crippen molar-refractivity contribution < 1.29 is 19.2 Å². The zero-order valence-electron chi connectivity index (χ0n) is 27.8. The number of nitrogens with one attached hydrogen (secondary N) is 3. The van der Waals surface area contributed by atoms with Gasteiger partial charge in [-0.15, -0.1) is 0 Å². The van der Waals surface area contributed by atoms with Crippen LogP contribution in [0.1, 0.15) is 103 Å². The second-order valence-electron chi connectivity index (χ2n) is 12.7. The third-order valence-corrected chi connectivity index (χ3v) is 9.23. The smallest absolute Gasteiger partial charge is 0.246 e. The van der Waals surface area contributed by atoms with Gasteiger partial charge in [-0.05, 0) is 49.7 Å². The first-order valence-electron chi connectivity index (χ1n) is 16.6. The number of ketones is 1. The van der Waals surface area contributed by atoms with Crippen LogP contribution in [0.2, 0.25) is 0 Å². The highest BCUT2D eigenvalue weighted by Gasteiger charge is 2.45. The van der Waals surface area contributed by atoms with Gasteiger partial charge in [-0.2, -0.15) is 0 Å². The van der Waals surface area contributed by atoms with Gasteiger partial charge < -0.3 is 27.4 Å². The van der Waals surface area contributed by atoms with Crippen LogP contribution in [0.4, 0.5) is 0 Å². The minimum absolute atomic E-state index is 0.0441. The Morgan fingerprint density at radius 1 is 0.870 bits per heavy atom. The maximum absolute atomic E-state index is 14.2. The molecule has 2 aromatic carbocycles. The van der Waals surface area contributed by atoms with Crippen molar-refractivity contribution in [1.82, 2.24) is 16.0 Å². The predicted molar refractivity (Wildman–Crippen MR) is 182 cm³/mol. The van der Waals surface area contributed by atoms with E-state index in [1.54, 1.807) is 13.8 Å². The molecule has 10 nitrogen and oxygen atoms in total. The SMILES string of the molecule is CCC(CC)(NC(=O)C(C)C)C(=O)CC(CCCN=C(N)N)C(=O)NC1(C(=O)NC(c2ccccc2)c2ccccc2)CCCC1. The fourth-order valence-corrected chi connectivity index (χ4v) is 6.21. The second-order valence-corrected chi connectivity index (χ2v) is 12.7. The summed E-state index contributed by atoms with van der Waals surface area (Å²) in [6, 6.07) is 19.1. The minimum Gasteiger partial charge on any atom is -0.370 e. The van der Waals surface area contributed by atoms with Crippen LogP contribution in [-0.2, 0) is 19.2 Å². The number of benzene rings is 2. The molecule has 1 saturated carbocycles. The van der Waals surface area contributed by atoms with Gasteiger partial charge in [0, 0.05) is 24.8 Å². The number of amides is 3. The fraction of sp³-hybridized carbons (Fsp3) is 0.528. The maximum atomic E-state index is 14.2. The van der Waals surface area contributed by atoms with Crippen LogP contribution in [0.25, 0.3) is 0 Å². The van der Waals surface area contributed by atoms with E-state index in [1.807, 2.05) is 74.5 Å². The summed E-state index contributed by atoms with van der Waals surface area (Å²) in [5, 5.41) is 9.34. The molecule has 0 spiro atoms. The third-order valence-electron chi connectivity index (χ3n) is 9.23. The van der Waals surface area contributed by atoms with Gasteiger partial charge in [-0.3, -0.25) is 24.2 Å². The molecule has 250 valence electrons. The van der Waals surface area contributed by atoms with Crippen LogP contribution in [0.15, 0.2) is 65.7 Å². The fourth-order valence-electron chi connectivity index (χ4n) is 6.21. The quantitative estimate of drug-likeness (QED) is 0.0991. The number of nitrogens with two attached hydrogens (primary N) is 2. The standard InChI is InChI=1S/C36H52N6O4/c1-5-35(6-2,41-31(44)25(3)4)29(43)24-28(20-15-23-39-34(37)38)32(45)42-36(21-13-14-22-36)33(46)40-30(26-16-9-7-10-17-26)27-18-11-8-12-19-27/h7-12,16-19,25,28,30H,5-6,13-15,20-24H2,1-4H3,(H,40,46)(H,41,44)(H,42,45)(H4,37,38,39). The number of guanidine groups is 1. The van der Waals surface area contributed by atoms with E-state index in [2.05, 4.69) is 20.9 Å². The van der Waals surface area contributed by atoms with E-state index < -0.39 is 23.0 Å². The molecule has 0 aromatic heterocycles. The molecule has 0 heterocycles. The van der Waals surface area contributed by atoms with E-state index >= 15 is 0 Å². The molecular formula is C36H52N6O4. The molecule has 1 unspecified atom stereocenters. The third kappa shape index (κ3) is 9.40. The largest absolute Gasteiger partial charge is 0.370 e.